The summed E-state index contributed by atoms with van der Waals surface area (Å²) in [6, 6.07) is 29.4. The molecule has 0 saturated carbocycles. The topological polar surface area (TPSA) is 173 Å². The number of nitrogens with zero attached hydrogens (tertiary/aromatic N) is 5. The zero-order valence-corrected chi connectivity index (χ0v) is 30.6. The highest BCUT2D eigenvalue weighted by Gasteiger charge is 2.33. The molecule has 3 aromatic heterocycles. The molecule has 4 N–H and O–H groups in total. The quantitative estimate of drug-likeness (QED) is 0.119. The van der Waals surface area contributed by atoms with E-state index in [1.165, 1.54) is 10.5 Å². The average molecular weight is 750 g/mol. The Bertz CT molecular complexity index is 2300. The van der Waals surface area contributed by atoms with Gasteiger partial charge in [-0.2, -0.15) is 0 Å². The lowest BCUT2D eigenvalue weighted by Crippen LogP contribution is -2.47. The number of aromatic amines is 2. The summed E-state index contributed by atoms with van der Waals surface area (Å²) in [6.45, 7) is 3.69. The maximum absolute atomic E-state index is 12.8. The van der Waals surface area contributed by atoms with E-state index in [0.717, 1.165) is 53.8 Å². The number of H-pyrrole nitrogens is 2. The van der Waals surface area contributed by atoms with Crippen molar-refractivity contribution in [1.82, 2.24) is 33.8 Å². The molecular weight excluding hydrogens is 702 g/mol. The number of carbonyl (C=O) groups is 2. The number of fused-ring (bicyclic) bond motifs is 2. The van der Waals surface area contributed by atoms with Crippen molar-refractivity contribution in [2.75, 3.05) is 26.2 Å². The van der Waals surface area contributed by atoms with E-state index in [4.69, 9.17) is 9.52 Å². The minimum atomic E-state index is -0.888. The summed E-state index contributed by atoms with van der Waals surface area (Å²) < 4.78 is 9.16. The zero-order chi connectivity index (χ0) is 38.3. The Balaban J connectivity index is 0.000000205. The van der Waals surface area contributed by atoms with E-state index in [0.29, 0.717) is 51.9 Å². The second kappa shape index (κ2) is 17.0. The summed E-state index contributed by atoms with van der Waals surface area (Å²) in [4.78, 5) is 58.7. The molecule has 0 aliphatic carbocycles. The molecule has 8 rings (SSSR count). The number of furan rings is 1. The number of hydrogen-bond donors (Lipinski definition) is 4. The molecule has 2 fully saturated rings. The molecule has 0 spiro atoms. The van der Waals surface area contributed by atoms with Crippen molar-refractivity contribution in [3.63, 3.8) is 0 Å². The first-order chi connectivity index (χ1) is 26.7. The van der Waals surface area contributed by atoms with Crippen LogP contribution in [0.15, 0.2) is 111 Å². The fourth-order valence-corrected chi connectivity index (χ4v) is 8.21. The van der Waals surface area contributed by atoms with Crippen LogP contribution in [0.2, 0.25) is 0 Å². The van der Waals surface area contributed by atoms with Gasteiger partial charge in [0.2, 0.25) is 0 Å². The maximum atomic E-state index is 12.8. The average Bonchev–Trinajstić information content (AvgIpc) is 3.91. The van der Waals surface area contributed by atoms with Crippen LogP contribution in [0.3, 0.4) is 0 Å². The number of amides is 2. The standard InChI is InChI=1S/C28H32N4O4.C13H15N3O3/c33-27-29-25-12-4-5-13-26(25)32(27)23-14-16-31(28(34)35)22(18-23)10-6-15-30(20-24-11-7-17-36-24)19-21-8-2-1-3-9-21;17-12-14-10-3-1-2-4-11(10)16(12)9-5-7-15(8-6-9)13(18)19/h1-5,7-9,11-13,17,22-23H,6,10,14-16,18-20H2,(H,29,33)(H,34,35);1-4,9H,5-8H2,(H,14,17)(H,18,19)/t22-,23?;/m0./s1. The summed E-state index contributed by atoms with van der Waals surface area (Å²) in [5, 5.41) is 18.8. The first-order valence-electron chi connectivity index (χ1n) is 18.9. The molecule has 2 amide bonds. The molecule has 288 valence electrons. The third-order valence-corrected chi connectivity index (χ3v) is 10.9. The van der Waals surface area contributed by atoms with Crippen molar-refractivity contribution < 1.29 is 24.2 Å². The molecule has 2 aliphatic rings. The second-order valence-electron chi connectivity index (χ2n) is 14.4. The molecule has 55 heavy (non-hydrogen) atoms. The van der Waals surface area contributed by atoms with Gasteiger partial charge in [-0.05, 0) is 87.0 Å². The highest BCUT2D eigenvalue weighted by molar-refractivity contribution is 5.76. The van der Waals surface area contributed by atoms with Crippen LogP contribution < -0.4 is 11.4 Å². The van der Waals surface area contributed by atoms with E-state index >= 15 is 0 Å². The summed E-state index contributed by atoms with van der Waals surface area (Å²) in [5.74, 6) is 0.912. The summed E-state index contributed by atoms with van der Waals surface area (Å²) in [6.07, 6.45) is 4.11. The number of carboxylic acid groups (broad SMARTS) is 2. The Morgan fingerprint density at radius 3 is 1.91 bits per heavy atom. The van der Waals surface area contributed by atoms with E-state index in [1.807, 2.05) is 83.4 Å². The number of nitrogens with one attached hydrogen (secondary N) is 2. The largest absolute Gasteiger partial charge is 0.468 e. The Kier molecular flexibility index (Phi) is 11.5. The van der Waals surface area contributed by atoms with Crippen molar-refractivity contribution >= 4 is 34.3 Å². The number of rotatable bonds is 10. The van der Waals surface area contributed by atoms with Gasteiger partial charge in [-0.25, -0.2) is 19.2 Å². The smallest absolute Gasteiger partial charge is 0.407 e. The van der Waals surface area contributed by atoms with Gasteiger partial charge >= 0.3 is 23.6 Å². The fourth-order valence-electron chi connectivity index (χ4n) is 8.21. The number of likely N-dealkylation sites (tertiary alicyclic amines) is 2. The molecule has 6 aromatic rings. The number of benzene rings is 3. The minimum Gasteiger partial charge on any atom is -0.468 e. The van der Waals surface area contributed by atoms with Crippen molar-refractivity contribution in [3.8, 4) is 0 Å². The lowest BCUT2D eigenvalue weighted by Gasteiger charge is -2.38. The minimum absolute atomic E-state index is 0.0298. The van der Waals surface area contributed by atoms with Crippen molar-refractivity contribution in [2.45, 2.75) is 69.7 Å². The monoisotopic (exact) mass is 749 g/mol. The Morgan fingerprint density at radius 2 is 1.31 bits per heavy atom. The van der Waals surface area contributed by atoms with Crippen LogP contribution in [0.4, 0.5) is 9.59 Å². The van der Waals surface area contributed by atoms with Gasteiger partial charge in [0, 0.05) is 44.3 Å². The summed E-state index contributed by atoms with van der Waals surface area (Å²) in [7, 11) is 0. The van der Waals surface area contributed by atoms with E-state index < -0.39 is 12.2 Å². The summed E-state index contributed by atoms with van der Waals surface area (Å²) >= 11 is 0. The van der Waals surface area contributed by atoms with Crippen LogP contribution in [-0.4, -0.2) is 88.4 Å². The third kappa shape index (κ3) is 8.70. The van der Waals surface area contributed by atoms with Gasteiger partial charge in [0.15, 0.2) is 0 Å². The number of aromatic nitrogens is 4. The van der Waals surface area contributed by atoms with Gasteiger partial charge < -0.3 is 34.4 Å². The van der Waals surface area contributed by atoms with E-state index in [-0.39, 0.29) is 29.5 Å². The lowest BCUT2D eigenvalue weighted by atomic mass is 9.93. The molecule has 2 saturated heterocycles. The van der Waals surface area contributed by atoms with Crippen molar-refractivity contribution in [3.05, 3.63) is 130 Å². The molecule has 14 heteroatoms. The van der Waals surface area contributed by atoms with Crippen molar-refractivity contribution in [1.29, 1.82) is 0 Å². The summed E-state index contributed by atoms with van der Waals surface area (Å²) in [5.41, 5.74) is 4.39. The van der Waals surface area contributed by atoms with E-state index in [9.17, 15) is 24.3 Å². The Labute approximate surface area is 317 Å². The van der Waals surface area contributed by atoms with Gasteiger partial charge in [0.25, 0.3) is 0 Å². The van der Waals surface area contributed by atoms with Crippen LogP contribution in [0.25, 0.3) is 22.1 Å². The van der Waals surface area contributed by atoms with Crippen LogP contribution in [0.1, 0.15) is 61.9 Å². The molecule has 2 atom stereocenters. The van der Waals surface area contributed by atoms with Crippen LogP contribution in [-0.2, 0) is 13.1 Å². The molecular formula is C41H47N7O7. The molecule has 3 aromatic carbocycles. The van der Waals surface area contributed by atoms with Crippen LogP contribution >= 0.6 is 0 Å². The predicted octanol–water partition coefficient (Wildman–Crippen LogP) is 6.73. The highest BCUT2D eigenvalue weighted by atomic mass is 16.4. The van der Waals surface area contributed by atoms with Crippen molar-refractivity contribution in [2.24, 2.45) is 0 Å². The van der Waals surface area contributed by atoms with Gasteiger partial charge in [0.05, 0.1) is 34.9 Å². The normalized spacial score (nSPS) is 17.8. The number of para-hydroxylation sites is 4. The molecule has 14 nitrogen and oxygen atoms in total. The third-order valence-electron chi connectivity index (χ3n) is 10.9. The molecule has 0 bridgehead atoms. The van der Waals surface area contributed by atoms with E-state index in [1.54, 1.807) is 15.7 Å². The molecule has 0 radical (unpaired) electrons. The van der Waals surface area contributed by atoms with Crippen LogP contribution in [0, 0.1) is 0 Å². The van der Waals surface area contributed by atoms with Crippen LogP contribution in [0.5, 0.6) is 0 Å². The van der Waals surface area contributed by atoms with Gasteiger partial charge in [-0.3, -0.25) is 14.0 Å². The van der Waals surface area contributed by atoms with Gasteiger partial charge in [-0.15, -0.1) is 0 Å². The van der Waals surface area contributed by atoms with E-state index in [2.05, 4.69) is 27.0 Å². The molecule has 5 heterocycles. The first kappa shape index (κ1) is 37.3. The molecule has 1 unspecified atom stereocenters. The SMILES string of the molecule is O=C(O)N1CCC(n2c(=O)[nH]c3ccccc32)CC1.O=C(O)N1CCC(n2c(=O)[nH]c3ccccc32)C[C@@H]1CCCN(Cc1ccccc1)Cc1ccco1. The fraction of sp³-hybridized carbons (Fsp3) is 0.366. The number of piperidine rings is 2. The zero-order valence-electron chi connectivity index (χ0n) is 30.6. The molecule has 2 aliphatic heterocycles. The number of hydrogen-bond acceptors (Lipinski definition) is 6. The Hall–Kier alpha value is -6.02. The number of imidazole rings is 2. The predicted molar refractivity (Wildman–Crippen MR) is 208 cm³/mol. The first-order valence-corrected chi connectivity index (χ1v) is 18.9. The Morgan fingerprint density at radius 1 is 0.709 bits per heavy atom. The maximum Gasteiger partial charge on any atom is 0.407 e. The lowest BCUT2D eigenvalue weighted by molar-refractivity contribution is 0.0851. The van der Waals surface area contributed by atoms with Gasteiger partial charge in [-0.1, -0.05) is 54.6 Å². The second-order valence-corrected chi connectivity index (χ2v) is 14.4. The van der Waals surface area contributed by atoms with Gasteiger partial charge in [0.1, 0.15) is 5.76 Å². The highest BCUT2D eigenvalue weighted by Crippen LogP contribution is 2.31.